The Morgan fingerprint density at radius 3 is 2.18 bits per heavy atom. The molecule has 1 aliphatic rings. The summed E-state index contributed by atoms with van der Waals surface area (Å²) in [6.07, 6.45) is 4.60. The average Bonchev–Trinajstić information content (AvgIpc) is 2.75. The van der Waals surface area contributed by atoms with E-state index in [-0.39, 0.29) is 0 Å². The van der Waals surface area contributed by atoms with Crippen molar-refractivity contribution in [1.29, 1.82) is 0 Å². The first-order chi connectivity index (χ1) is 13.7. The minimum atomic E-state index is 0.765. The highest BCUT2D eigenvalue weighted by atomic mass is 15.4. The van der Waals surface area contributed by atoms with Crippen molar-refractivity contribution in [2.24, 2.45) is 0 Å². The van der Waals surface area contributed by atoms with Crippen LogP contribution < -0.4 is 15.1 Å². The van der Waals surface area contributed by atoms with Crippen LogP contribution >= 0.6 is 0 Å². The largest absolute Gasteiger partial charge is 0.340 e. The van der Waals surface area contributed by atoms with Gasteiger partial charge < -0.3 is 15.1 Å². The second-order valence-electron chi connectivity index (χ2n) is 6.89. The van der Waals surface area contributed by atoms with E-state index in [1.807, 2.05) is 19.1 Å². The highest BCUT2D eigenvalue weighted by Gasteiger charge is 2.21. The maximum Gasteiger partial charge on any atom is 0.227 e. The molecule has 1 N–H and O–H groups in total. The molecule has 0 radical (unpaired) electrons. The Morgan fingerprint density at radius 2 is 1.54 bits per heavy atom. The number of nitrogens with one attached hydrogen (secondary N) is 1. The molecule has 0 bridgehead atoms. The van der Waals surface area contributed by atoms with Crippen LogP contribution in [-0.4, -0.2) is 46.1 Å². The van der Waals surface area contributed by atoms with Gasteiger partial charge in [-0.25, -0.2) is 15.0 Å². The molecule has 3 heterocycles. The molecule has 0 unspecified atom stereocenters. The van der Waals surface area contributed by atoms with Gasteiger partial charge in [0.2, 0.25) is 11.9 Å². The van der Waals surface area contributed by atoms with E-state index in [2.05, 4.69) is 61.3 Å². The predicted molar refractivity (Wildman–Crippen MR) is 112 cm³/mol. The van der Waals surface area contributed by atoms with Crippen LogP contribution in [0.1, 0.15) is 18.2 Å². The topological polar surface area (TPSA) is 70.1 Å². The van der Waals surface area contributed by atoms with E-state index in [1.54, 1.807) is 12.4 Å². The number of nitrogens with zero attached hydrogens (tertiary/aromatic N) is 6. The number of benzene rings is 1. The smallest absolute Gasteiger partial charge is 0.227 e. The number of aryl methyl sites for hydroxylation is 2. The third-order valence-electron chi connectivity index (χ3n) is 4.87. The van der Waals surface area contributed by atoms with Gasteiger partial charge in [-0.3, -0.25) is 0 Å². The monoisotopic (exact) mass is 375 g/mol. The summed E-state index contributed by atoms with van der Waals surface area (Å²) in [5, 5.41) is 3.40. The molecule has 0 spiro atoms. The summed E-state index contributed by atoms with van der Waals surface area (Å²) in [6.45, 7) is 7.54. The first-order valence-electron chi connectivity index (χ1n) is 9.70. The SMILES string of the molecule is CCc1ccc(Nc2cc(C)nc(N3CCN(c4ncccn4)CC3)n2)cc1. The summed E-state index contributed by atoms with van der Waals surface area (Å²) >= 11 is 0. The summed E-state index contributed by atoms with van der Waals surface area (Å²) in [6, 6.07) is 12.3. The number of aromatic nitrogens is 4. The Balaban J connectivity index is 1.45. The number of rotatable bonds is 5. The van der Waals surface area contributed by atoms with Gasteiger partial charge in [0, 0.05) is 56.0 Å². The molecule has 7 heteroatoms. The van der Waals surface area contributed by atoms with Crippen LogP contribution in [0, 0.1) is 6.92 Å². The fourth-order valence-corrected chi connectivity index (χ4v) is 3.29. The summed E-state index contributed by atoms with van der Waals surface area (Å²) < 4.78 is 0. The van der Waals surface area contributed by atoms with E-state index < -0.39 is 0 Å². The molecule has 1 saturated heterocycles. The highest BCUT2D eigenvalue weighted by molar-refractivity contribution is 5.58. The fraction of sp³-hybridized carbons (Fsp3) is 0.333. The van der Waals surface area contributed by atoms with Crippen LogP contribution in [0.5, 0.6) is 0 Å². The van der Waals surface area contributed by atoms with Gasteiger partial charge in [0.15, 0.2) is 0 Å². The fourth-order valence-electron chi connectivity index (χ4n) is 3.29. The van der Waals surface area contributed by atoms with Crippen molar-refractivity contribution in [3.8, 4) is 0 Å². The quantitative estimate of drug-likeness (QED) is 0.734. The van der Waals surface area contributed by atoms with Gasteiger partial charge in [-0.15, -0.1) is 0 Å². The van der Waals surface area contributed by atoms with Crippen molar-refractivity contribution in [3.63, 3.8) is 0 Å². The number of piperazine rings is 1. The van der Waals surface area contributed by atoms with Crippen molar-refractivity contribution in [2.75, 3.05) is 41.3 Å². The van der Waals surface area contributed by atoms with Crippen LogP contribution in [0.2, 0.25) is 0 Å². The van der Waals surface area contributed by atoms with Crippen molar-refractivity contribution in [1.82, 2.24) is 19.9 Å². The lowest BCUT2D eigenvalue weighted by molar-refractivity contribution is 0.627. The molecule has 1 aliphatic heterocycles. The molecule has 4 rings (SSSR count). The Bertz CT molecular complexity index is 904. The minimum Gasteiger partial charge on any atom is -0.340 e. The van der Waals surface area contributed by atoms with Crippen molar-refractivity contribution in [3.05, 3.63) is 60.0 Å². The van der Waals surface area contributed by atoms with E-state index in [0.29, 0.717) is 0 Å². The Kier molecular flexibility index (Phi) is 5.32. The molecule has 3 aromatic rings. The molecule has 28 heavy (non-hydrogen) atoms. The molecule has 144 valence electrons. The molecule has 0 atom stereocenters. The molecular formula is C21H25N7. The Hall–Kier alpha value is -3.22. The Morgan fingerprint density at radius 1 is 0.893 bits per heavy atom. The third-order valence-corrected chi connectivity index (χ3v) is 4.87. The minimum absolute atomic E-state index is 0.765. The zero-order valence-corrected chi connectivity index (χ0v) is 16.3. The standard InChI is InChI=1S/C21H25N7/c1-3-17-5-7-18(8-6-17)25-19-15-16(2)24-21(26-19)28-13-11-27(12-14-28)20-22-9-4-10-23-20/h4-10,15H,3,11-14H2,1-2H3,(H,24,25,26). The lowest BCUT2D eigenvalue weighted by Gasteiger charge is -2.34. The number of hydrogen-bond donors (Lipinski definition) is 1. The molecule has 7 nitrogen and oxygen atoms in total. The van der Waals surface area contributed by atoms with Crippen LogP contribution in [-0.2, 0) is 6.42 Å². The molecule has 2 aromatic heterocycles. The van der Waals surface area contributed by atoms with Gasteiger partial charge in [0.05, 0.1) is 0 Å². The zero-order valence-electron chi connectivity index (χ0n) is 16.3. The van der Waals surface area contributed by atoms with Gasteiger partial charge in [-0.1, -0.05) is 19.1 Å². The second kappa shape index (κ2) is 8.21. The van der Waals surface area contributed by atoms with Gasteiger partial charge in [0.25, 0.3) is 0 Å². The maximum absolute atomic E-state index is 4.75. The van der Waals surface area contributed by atoms with Crippen molar-refractivity contribution >= 4 is 23.4 Å². The van der Waals surface area contributed by atoms with E-state index in [1.165, 1.54) is 5.56 Å². The zero-order chi connectivity index (χ0) is 19.3. The third kappa shape index (κ3) is 4.19. The van der Waals surface area contributed by atoms with Crippen LogP contribution in [0.3, 0.4) is 0 Å². The van der Waals surface area contributed by atoms with Gasteiger partial charge in [-0.05, 0) is 37.1 Å². The summed E-state index contributed by atoms with van der Waals surface area (Å²) in [5.41, 5.74) is 3.31. The normalized spacial score (nSPS) is 14.2. The molecular weight excluding hydrogens is 350 g/mol. The average molecular weight is 375 g/mol. The van der Waals surface area contributed by atoms with E-state index in [9.17, 15) is 0 Å². The van der Waals surface area contributed by atoms with E-state index >= 15 is 0 Å². The van der Waals surface area contributed by atoms with Gasteiger partial charge >= 0.3 is 0 Å². The molecule has 1 aromatic carbocycles. The lowest BCUT2D eigenvalue weighted by Crippen LogP contribution is -2.47. The molecule has 0 amide bonds. The Labute approximate surface area is 165 Å². The van der Waals surface area contributed by atoms with Gasteiger partial charge in [-0.2, -0.15) is 4.98 Å². The molecule has 0 aliphatic carbocycles. The molecule has 1 fully saturated rings. The van der Waals surface area contributed by atoms with Crippen LogP contribution in [0.25, 0.3) is 0 Å². The molecule has 0 saturated carbocycles. The number of hydrogen-bond acceptors (Lipinski definition) is 7. The van der Waals surface area contributed by atoms with Crippen LogP contribution in [0.15, 0.2) is 48.8 Å². The van der Waals surface area contributed by atoms with Crippen molar-refractivity contribution < 1.29 is 0 Å². The van der Waals surface area contributed by atoms with Crippen molar-refractivity contribution in [2.45, 2.75) is 20.3 Å². The number of anilines is 4. The second-order valence-corrected chi connectivity index (χ2v) is 6.89. The summed E-state index contributed by atoms with van der Waals surface area (Å²) in [5.74, 6) is 2.37. The first-order valence-corrected chi connectivity index (χ1v) is 9.70. The highest BCUT2D eigenvalue weighted by Crippen LogP contribution is 2.20. The summed E-state index contributed by atoms with van der Waals surface area (Å²) in [7, 11) is 0. The van der Waals surface area contributed by atoms with Crippen LogP contribution in [0.4, 0.5) is 23.4 Å². The summed E-state index contributed by atoms with van der Waals surface area (Å²) in [4.78, 5) is 22.5. The maximum atomic E-state index is 4.75. The lowest BCUT2D eigenvalue weighted by atomic mass is 10.1. The van der Waals surface area contributed by atoms with Gasteiger partial charge in [0.1, 0.15) is 5.82 Å². The van der Waals surface area contributed by atoms with E-state index in [0.717, 1.165) is 61.7 Å². The predicted octanol–water partition coefficient (Wildman–Crippen LogP) is 3.21. The first kappa shape index (κ1) is 18.2. The van der Waals surface area contributed by atoms with E-state index in [4.69, 9.17) is 4.98 Å².